The van der Waals surface area contributed by atoms with Gasteiger partial charge in [0.2, 0.25) is 0 Å². The maximum Gasteiger partial charge on any atom is 0.171 e. The van der Waals surface area contributed by atoms with E-state index in [4.69, 9.17) is 4.74 Å². The van der Waals surface area contributed by atoms with E-state index >= 15 is 0 Å². The average Bonchev–Trinajstić information content (AvgIpc) is 2.85. The van der Waals surface area contributed by atoms with Crippen molar-refractivity contribution in [3.8, 4) is 5.75 Å². The Morgan fingerprint density at radius 1 is 1.30 bits per heavy atom. The van der Waals surface area contributed by atoms with Crippen LogP contribution in [-0.2, 0) is 12.8 Å². The minimum absolute atomic E-state index is 0.107. The first-order valence-corrected chi connectivity index (χ1v) is 7.47. The number of hydrogen-bond acceptors (Lipinski definition) is 2. The Hall–Kier alpha value is -1.61. The van der Waals surface area contributed by atoms with Crippen molar-refractivity contribution >= 4 is 21.7 Å². The molecule has 1 heterocycles. The molecule has 0 saturated heterocycles. The van der Waals surface area contributed by atoms with E-state index in [9.17, 15) is 4.79 Å². The third-order valence-corrected chi connectivity index (χ3v) is 3.95. The summed E-state index contributed by atoms with van der Waals surface area (Å²) in [5.41, 5.74) is 4.02. The van der Waals surface area contributed by atoms with Crippen molar-refractivity contribution in [3.05, 3.63) is 63.1 Å². The fourth-order valence-corrected chi connectivity index (χ4v) is 3.08. The molecule has 0 N–H and O–H groups in total. The molecule has 102 valence electrons. The van der Waals surface area contributed by atoms with Gasteiger partial charge >= 0.3 is 0 Å². The van der Waals surface area contributed by atoms with Crippen LogP contribution in [0, 0.1) is 6.92 Å². The summed E-state index contributed by atoms with van der Waals surface area (Å²) in [6, 6.07) is 12.0. The van der Waals surface area contributed by atoms with Crippen LogP contribution in [-0.4, -0.2) is 12.4 Å². The second-order valence-electron chi connectivity index (χ2n) is 5.13. The van der Waals surface area contributed by atoms with Crippen molar-refractivity contribution < 1.29 is 9.53 Å². The third kappa shape index (κ3) is 2.63. The van der Waals surface area contributed by atoms with Crippen LogP contribution >= 0.6 is 15.9 Å². The summed E-state index contributed by atoms with van der Waals surface area (Å²) < 4.78 is 6.56. The molecule has 0 aromatic heterocycles. The number of rotatable bonds is 3. The number of carbonyl (C=O) groups is 1. The van der Waals surface area contributed by atoms with Crippen LogP contribution in [0.4, 0.5) is 0 Å². The lowest BCUT2D eigenvalue weighted by molar-refractivity contribution is 0.0990. The Labute approximate surface area is 126 Å². The van der Waals surface area contributed by atoms with Gasteiger partial charge in [0, 0.05) is 17.3 Å². The first kappa shape index (κ1) is 13.4. The van der Waals surface area contributed by atoms with Crippen LogP contribution in [0.25, 0.3) is 0 Å². The van der Waals surface area contributed by atoms with E-state index in [1.54, 1.807) is 0 Å². The van der Waals surface area contributed by atoms with Crippen LogP contribution in [0.1, 0.15) is 27.0 Å². The lowest BCUT2D eigenvalue weighted by Gasteiger charge is -2.08. The van der Waals surface area contributed by atoms with Gasteiger partial charge in [-0.05, 0) is 30.2 Å². The Bertz CT molecular complexity index is 677. The maximum atomic E-state index is 12.5. The minimum atomic E-state index is 0.107. The summed E-state index contributed by atoms with van der Waals surface area (Å²) in [6.45, 7) is 2.70. The zero-order valence-electron chi connectivity index (χ0n) is 11.3. The van der Waals surface area contributed by atoms with Crippen LogP contribution in [0.2, 0.25) is 0 Å². The second-order valence-corrected chi connectivity index (χ2v) is 6.04. The van der Waals surface area contributed by atoms with Crippen LogP contribution in [0.5, 0.6) is 5.75 Å². The lowest BCUT2D eigenvalue weighted by atomic mass is 9.99. The zero-order valence-corrected chi connectivity index (χ0v) is 12.9. The van der Waals surface area contributed by atoms with E-state index in [1.165, 1.54) is 5.56 Å². The Balaban J connectivity index is 1.92. The quantitative estimate of drug-likeness (QED) is 0.791. The molecule has 0 atom stereocenters. The summed E-state index contributed by atoms with van der Waals surface area (Å²) in [7, 11) is 0. The fourth-order valence-electron chi connectivity index (χ4n) is 2.58. The Morgan fingerprint density at radius 3 is 2.95 bits per heavy atom. The molecule has 3 heteroatoms. The van der Waals surface area contributed by atoms with Crippen LogP contribution in [0.3, 0.4) is 0 Å². The highest BCUT2D eigenvalue weighted by molar-refractivity contribution is 9.10. The van der Waals surface area contributed by atoms with Gasteiger partial charge in [0.15, 0.2) is 5.78 Å². The number of halogens is 1. The van der Waals surface area contributed by atoms with Gasteiger partial charge in [-0.1, -0.05) is 45.8 Å². The normalized spacial score (nSPS) is 12.9. The van der Waals surface area contributed by atoms with Gasteiger partial charge in [-0.25, -0.2) is 0 Å². The number of hydrogen-bond donors (Lipinski definition) is 0. The molecule has 0 bridgehead atoms. The number of carbonyl (C=O) groups excluding carboxylic acids is 1. The molecule has 0 aliphatic carbocycles. The number of benzene rings is 2. The second kappa shape index (κ2) is 5.41. The van der Waals surface area contributed by atoms with Gasteiger partial charge in [-0.15, -0.1) is 0 Å². The van der Waals surface area contributed by atoms with E-state index < -0.39 is 0 Å². The van der Waals surface area contributed by atoms with Crippen LogP contribution in [0.15, 0.2) is 40.9 Å². The molecule has 2 nitrogen and oxygen atoms in total. The predicted molar refractivity (Wildman–Crippen MR) is 82.6 cm³/mol. The van der Waals surface area contributed by atoms with E-state index in [-0.39, 0.29) is 5.78 Å². The number of ketones is 1. The summed E-state index contributed by atoms with van der Waals surface area (Å²) in [4.78, 5) is 12.5. The molecule has 0 unspecified atom stereocenters. The molecular weight excluding hydrogens is 316 g/mol. The van der Waals surface area contributed by atoms with Gasteiger partial charge in [0.1, 0.15) is 5.75 Å². The van der Waals surface area contributed by atoms with E-state index in [1.807, 2.05) is 37.3 Å². The molecule has 2 aromatic rings. The van der Waals surface area contributed by atoms with Gasteiger partial charge in [-0.2, -0.15) is 0 Å². The third-order valence-electron chi connectivity index (χ3n) is 3.50. The van der Waals surface area contributed by atoms with Crippen molar-refractivity contribution in [1.82, 2.24) is 0 Å². The van der Waals surface area contributed by atoms with Crippen molar-refractivity contribution in [2.24, 2.45) is 0 Å². The molecule has 0 saturated carbocycles. The first-order chi connectivity index (χ1) is 9.63. The van der Waals surface area contributed by atoms with Gasteiger partial charge in [0.25, 0.3) is 0 Å². The van der Waals surface area contributed by atoms with Gasteiger partial charge in [0.05, 0.1) is 12.2 Å². The van der Waals surface area contributed by atoms with Gasteiger partial charge < -0.3 is 4.74 Å². The van der Waals surface area contributed by atoms with Crippen molar-refractivity contribution in [3.63, 3.8) is 0 Å². The van der Waals surface area contributed by atoms with Crippen LogP contribution < -0.4 is 4.74 Å². The zero-order chi connectivity index (χ0) is 14.1. The molecular formula is C17H15BrO2. The first-order valence-electron chi connectivity index (χ1n) is 6.67. The SMILES string of the molecule is Cc1cccc(CC(=O)c2cc(Br)cc3c2OCC3)c1. The van der Waals surface area contributed by atoms with Gasteiger partial charge in [-0.3, -0.25) is 4.79 Å². The van der Waals surface area contributed by atoms with E-state index in [0.29, 0.717) is 18.6 Å². The highest BCUT2D eigenvalue weighted by Crippen LogP contribution is 2.33. The molecule has 20 heavy (non-hydrogen) atoms. The maximum absolute atomic E-state index is 12.5. The summed E-state index contributed by atoms with van der Waals surface area (Å²) in [5, 5.41) is 0. The molecule has 1 aliphatic rings. The molecule has 0 fully saturated rings. The number of fused-ring (bicyclic) bond motifs is 1. The van der Waals surface area contributed by atoms with Crippen molar-refractivity contribution in [2.75, 3.05) is 6.61 Å². The number of ether oxygens (including phenoxy) is 1. The highest BCUT2D eigenvalue weighted by atomic mass is 79.9. The Kier molecular flexibility index (Phi) is 3.62. The summed E-state index contributed by atoms with van der Waals surface area (Å²) in [5.74, 6) is 0.876. The highest BCUT2D eigenvalue weighted by Gasteiger charge is 2.21. The molecule has 0 amide bonds. The molecule has 0 radical (unpaired) electrons. The number of aryl methyl sites for hydroxylation is 1. The number of Topliss-reactive ketones (excluding diaryl/α,β-unsaturated/α-hetero) is 1. The molecule has 2 aromatic carbocycles. The Morgan fingerprint density at radius 2 is 2.15 bits per heavy atom. The lowest BCUT2D eigenvalue weighted by Crippen LogP contribution is -2.06. The summed E-state index contributed by atoms with van der Waals surface area (Å²) >= 11 is 3.47. The average molecular weight is 331 g/mol. The summed E-state index contributed by atoms with van der Waals surface area (Å²) in [6.07, 6.45) is 1.29. The molecule has 0 spiro atoms. The molecule has 1 aliphatic heterocycles. The van der Waals surface area contributed by atoms with Crippen molar-refractivity contribution in [2.45, 2.75) is 19.8 Å². The van der Waals surface area contributed by atoms with Crippen molar-refractivity contribution in [1.29, 1.82) is 0 Å². The monoisotopic (exact) mass is 330 g/mol. The predicted octanol–water partition coefficient (Wildman–Crippen LogP) is 4.12. The largest absolute Gasteiger partial charge is 0.492 e. The smallest absolute Gasteiger partial charge is 0.171 e. The molecule has 3 rings (SSSR count). The fraction of sp³-hybridized carbons (Fsp3) is 0.235. The topological polar surface area (TPSA) is 26.3 Å². The standard InChI is InChI=1S/C17H15BrO2/c1-11-3-2-4-12(7-11)8-16(19)15-10-14(18)9-13-5-6-20-17(13)15/h2-4,7,9-10H,5-6,8H2,1H3. The minimum Gasteiger partial charge on any atom is -0.492 e. The van der Waals surface area contributed by atoms with E-state index in [2.05, 4.69) is 22.0 Å². The van der Waals surface area contributed by atoms with E-state index in [0.717, 1.165) is 27.8 Å².